The highest BCUT2D eigenvalue weighted by molar-refractivity contribution is 6.31. The second-order valence-electron chi connectivity index (χ2n) is 7.20. The van der Waals surface area contributed by atoms with Gasteiger partial charge in [0.1, 0.15) is 11.6 Å². The number of rotatable bonds is 4. The van der Waals surface area contributed by atoms with Crippen LogP contribution in [0.5, 0.6) is 0 Å². The number of aromatic carboxylic acids is 1. The lowest BCUT2D eigenvalue weighted by atomic mass is 10.1. The summed E-state index contributed by atoms with van der Waals surface area (Å²) in [6.07, 6.45) is 0. The quantitative estimate of drug-likeness (QED) is 0.362. The van der Waals surface area contributed by atoms with Gasteiger partial charge in [0.25, 0.3) is 0 Å². The van der Waals surface area contributed by atoms with Gasteiger partial charge in [-0.3, -0.25) is 4.57 Å². The number of hydrogen-bond acceptors (Lipinski definition) is 2. The van der Waals surface area contributed by atoms with E-state index in [4.69, 9.17) is 23.2 Å². The van der Waals surface area contributed by atoms with Crippen LogP contribution in [0.2, 0.25) is 10.0 Å². The van der Waals surface area contributed by atoms with E-state index in [2.05, 4.69) is 4.98 Å². The number of nitrogens with zero attached hydrogens (tertiary/aromatic N) is 2. The number of carboxylic acid groups (broad SMARTS) is 1. The van der Waals surface area contributed by atoms with E-state index in [9.17, 15) is 14.3 Å². The minimum atomic E-state index is -1.21. The molecule has 1 N–H and O–H groups in total. The first-order chi connectivity index (χ1) is 14.8. The van der Waals surface area contributed by atoms with Crippen LogP contribution in [0, 0.1) is 19.7 Å². The fourth-order valence-corrected chi connectivity index (χ4v) is 3.86. The summed E-state index contributed by atoms with van der Waals surface area (Å²) in [4.78, 5) is 16.7. The van der Waals surface area contributed by atoms with Gasteiger partial charge in [-0.1, -0.05) is 53.0 Å². The SMILES string of the molecule is Cc1cccc(-c2nc(C(=O)O)c(-c3ccc(F)c(Cl)c3)n2-c2cc(Cl)ccc2C)c1. The predicted octanol–water partition coefficient (Wildman–Crippen LogP) is 6.97. The number of aromatic nitrogens is 2. The van der Waals surface area contributed by atoms with Crippen molar-refractivity contribution in [3.63, 3.8) is 0 Å². The number of benzene rings is 3. The molecule has 1 heterocycles. The molecule has 4 nitrogen and oxygen atoms in total. The minimum absolute atomic E-state index is 0.110. The Morgan fingerprint density at radius 3 is 2.45 bits per heavy atom. The third-order valence-corrected chi connectivity index (χ3v) is 5.49. The van der Waals surface area contributed by atoms with Gasteiger partial charge in [-0.05, 0) is 55.8 Å². The van der Waals surface area contributed by atoms with Crippen LogP contribution in [0.3, 0.4) is 0 Å². The maximum absolute atomic E-state index is 13.8. The van der Waals surface area contributed by atoms with Gasteiger partial charge in [0.15, 0.2) is 5.69 Å². The van der Waals surface area contributed by atoms with Crippen LogP contribution in [0.15, 0.2) is 60.7 Å². The first kappa shape index (κ1) is 21.1. The molecule has 0 saturated carbocycles. The molecule has 0 atom stereocenters. The molecule has 1 aromatic heterocycles. The molecule has 0 aliphatic heterocycles. The van der Waals surface area contributed by atoms with Crippen molar-refractivity contribution in [1.82, 2.24) is 9.55 Å². The molecule has 0 aliphatic carbocycles. The van der Waals surface area contributed by atoms with Crippen LogP contribution in [0.1, 0.15) is 21.6 Å². The van der Waals surface area contributed by atoms with E-state index in [1.165, 1.54) is 18.2 Å². The zero-order chi connectivity index (χ0) is 22.3. The number of hydrogen-bond donors (Lipinski definition) is 1. The molecule has 0 spiro atoms. The Morgan fingerprint density at radius 1 is 1.00 bits per heavy atom. The van der Waals surface area contributed by atoms with E-state index in [-0.39, 0.29) is 16.4 Å². The highest BCUT2D eigenvalue weighted by Crippen LogP contribution is 2.37. The third-order valence-electron chi connectivity index (χ3n) is 4.96. The van der Waals surface area contributed by atoms with E-state index in [1.807, 2.05) is 44.2 Å². The number of halogens is 3. The van der Waals surface area contributed by atoms with E-state index < -0.39 is 11.8 Å². The van der Waals surface area contributed by atoms with E-state index in [1.54, 1.807) is 16.7 Å². The van der Waals surface area contributed by atoms with Gasteiger partial charge in [-0.2, -0.15) is 0 Å². The second-order valence-corrected chi connectivity index (χ2v) is 8.05. The molecule has 0 bridgehead atoms. The highest BCUT2D eigenvalue weighted by Gasteiger charge is 2.26. The summed E-state index contributed by atoms with van der Waals surface area (Å²) in [5.41, 5.74) is 3.81. The fourth-order valence-electron chi connectivity index (χ4n) is 3.51. The molecule has 7 heteroatoms. The fraction of sp³-hybridized carbons (Fsp3) is 0.0833. The van der Waals surface area contributed by atoms with Crippen LogP contribution >= 0.6 is 23.2 Å². The van der Waals surface area contributed by atoms with Crippen LogP contribution in [-0.4, -0.2) is 20.6 Å². The van der Waals surface area contributed by atoms with Crippen molar-refractivity contribution in [1.29, 1.82) is 0 Å². The largest absolute Gasteiger partial charge is 0.476 e. The van der Waals surface area contributed by atoms with Crippen molar-refractivity contribution < 1.29 is 14.3 Å². The molecule has 3 aromatic carbocycles. The molecule has 0 saturated heterocycles. The number of carboxylic acids is 1. The average molecular weight is 455 g/mol. The molecule has 0 aliphatic rings. The molecule has 31 heavy (non-hydrogen) atoms. The van der Waals surface area contributed by atoms with Gasteiger partial charge in [0, 0.05) is 16.1 Å². The van der Waals surface area contributed by atoms with Gasteiger partial charge < -0.3 is 5.11 Å². The van der Waals surface area contributed by atoms with Gasteiger partial charge in [-0.15, -0.1) is 0 Å². The predicted molar refractivity (Wildman–Crippen MR) is 121 cm³/mol. The number of imidazole rings is 1. The number of aryl methyl sites for hydroxylation is 2. The maximum atomic E-state index is 13.8. The summed E-state index contributed by atoms with van der Waals surface area (Å²) < 4.78 is 15.6. The van der Waals surface area contributed by atoms with Crippen molar-refractivity contribution in [3.8, 4) is 28.3 Å². The molecular formula is C24H17Cl2FN2O2. The van der Waals surface area contributed by atoms with E-state index in [0.717, 1.165) is 16.7 Å². The molecule has 156 valence electrons. The molecule has 0 radical (unpaired) electrons. The monoisotopic (exact) mass is 454 g/mol. The molecule has 0 fully saturated rings. The second kappa shape index (κ2) is 8.17. The summed E-state index contributed by atoms with van der Waals surface area (Å²) in [7, 11) is 0. The van der Waals surface area contributed by atoms with Crippen molar-refractivity contribution in [2.45, 2.75) is 13.8 Å². The van der Waals surface area contributed by atoms with Crippen LogP contribution in [0.25, 0.3) is 28.3 Å². The van der Waals surface area contributed by atoms with Crippen molar-refractivity contribution in [3.05, 3.63) is 93.3 Å². The molecule has 0 amide bonds. The Labute approximate surface area is 188 Å². The van der Waals surface area contributed by atoms with Gasteiger partial charge >= 0.3 is 5.97 Å². The lowest BCUT2D eigenvalue weighted by Gasteiger charge is -2.16. The third kappa shape index (κ3) is 3.94. The highest BCUT2D eigenvalue weighted by atomic mass is 35.5. The van der Waals surface area contributed by atoms with Crippen LogP contribution < -0.4 is 0 Å². The maximum Gasteiger partial charge on any atom is 0.356 e. The smallest absolute Gasteiger partial charge is 0.356 e. The topological polar surface area (TPSA) is 55.1 Å². The normalized spacial score (nSPS) is 11.0. The summed E-state index contributed by atoms with van der Waals surface area (Å²) in [6.45, 7) is 3.84. The Hall–Kier alpha value is -3.15. The minimum Gasteiger partial charge on any atom is -0.476 e. The van der Waals surface area contributed by atoms with Crippen LogP contribution in [0.4, 0.5) is 4.39 Å². The Balaban J connectivity index is 2.15. The average Bonchev–Trinajstić information content (AvgIpc) is 3.12. The Bertz CT molecular complexity index is 1330. The first-order valence-electron chi connectivity index (χ1n) is 9.41. The van der Waals surface area contributed by atoms with E-state index in [0.29, 0.717) is 22.1 Å². The Kier molecular flexibility index (Phi) is 5.56. The lowest BCUT2D eigenvalue weighted by molar-refractivity contribution is 0.0692. The molecule has 4 aromatic rings. The van der Waals surface area contributed by atoms with E-state index >= 15 is 0 Å². The van der Waals surface area contributed by atoms with Gasteiger partial charge in [0.05, 0.1) is 16.4 Å². The van der Waals surface area contributed by atoms with Crippen molar-refractivity contribution in [2.24, 2.45) is 0 Å². The van der Waals surface area contributed by atoms with Crippen molar-refractivity contribution >= 4 is 29.2 Å². The van der Waals surface area contributed by atoms with Gasteiger partial charge in [0.2, 0.25) is 0 Å². The zero-order valence-electron chi connectivity index (χ0n) is 16.7. The first-order valence-corrected chi connectivity index (χ1v) is 10.2. The molecule has 0 unspecified atom stereocenters. The summed E-state index contributed by atoms with van der Waals surface area (Å²) in [6, 6.07) is 17.1. The van der Waals surface area contributed by atoms with Gasteiger partial charge in [-0.25, -0.2) is 14.2 Å². The number of carbonyl (C=O) groups is 1. The Morgan fingerprint density at radius 2 is 1.77 bits per heavy atom. The summed E-state index contributed by atoms with van der Waals surface area (Å²) in [5, 5.41) is 10.3. The standard InChI is InChI=1S/C24H17Cl2FN2O2/c1-13-4-3-5-16(10-13)23-28-21(24(30)31)22(15-7-9-19(27)18(26)11-15)29(23)20-12-17(25)8-6-14(20)2/h3-12H,1-2H3,(H,30,31). The lowest BCUT2D eigenvalue weighted by Crippen LogP contribution is -2.05. The zero-order valence-corrected chi connectivity index (χ0v) is 18.2. The van der Waals surface area contributed by atoms with Crippen molar-refractivity contribution in [2.75, 3.05) is 0 Å². The summed E-state index contributed by atoms with van der Waals surface area (Å²) in [5.74, 6) is -1.36. The van der Waals surface area contributed by atoms with Crippen LogP contribution in [-0.2, 0) is 0 Å². The molecule has 4 rings (SSSR count). The molecular weight excluding hydrogens is 438 g/mol. The summed E-state index contributed by atoms with van der Waals surface area (Å²) >= 11 is 12.3.